The van der Waals surface area contributed by atoms with E-state index in [-0.39, 0.29) is 0 Å². The third kappa shape index (κ3) is 2.93. The molecule has 0 radical (unpaired) electrons. The topological polar surface area (TPSA) is 28.2 Å². The molecule has 0 amide bonds. The summed E-state index contributed by atoms with van der Waals surface area (Å²) in [5.41, 5.74) is 1.07. The van der Waals surface area contributed by atoms with Gasteiger partial charge < -0.3 is 10.2 Å². The summed E-state index contributed by atoms with van der Waals surface area (Å²) in [5.74, 6) is 1.05. The molecule has 1 aromatic carbocycles. The van der Waals surface area contributed by atoms with E-state index >= 15 is 0 Å². The summed E-state index contributed by atoms with van der Waals surface area (Å²) in [7, 11) is 1.94. The summed E-state index contributed by atoms with van der Waals surface area (Å²) in [4.78, 5) is 7.04. The Morgan fingerprint density at radius 1 is 1.37 bits per heavy atom. The molecule has 0 saturated carbocycles. The van der Waals surface area contributed by atoms with Crippen molar-refractivity contribution < 1.29 is 0 Å². The predicted octanol–water partition coefficient (Wildman–Crippen LogP) is 2.97. The number of fused-ring (bicyclic) bond motifs is 1. The molecule has 0 spiro atoms. The number of aromatic nitrogens is 1. The van der Waals surface area contributed by atoms with E-state index in [2.05, 4.69) is 54.1 Å². The molecule has 100 valence electrons. The van der Waals surface area contributed by atoms with Gasteiger partial charge in [-0.1, -0.05) is 30.3 Å². The molecule has 0 saturated heterocycles. The molecule has 0 fully saturated rings. The normalized spacial score (nSPS) is 10.6. The highest BCUT2D eigenvalue weighted by molar-refractivity contribution is 5.92. The van der Waals surface area contributed by atoms with Gasteiger partial charge in [-0.05, 0) is 25.4 Å². The fraction of sp³-hybridized carbons (Fsp3) is 0.312. The molecule has 3 heteroatoms. The van der Waals surface area contributed by atoms with Crippen molar-refractivity contribution in [2.45, 2.75) is 13.5 Å². The second kappa shape index (κ2) is 6.34. The van der Waals surface area contributed by atoms with Gasteiger partial charge in [-0.25, -0.2) is 4.98 Å². The molecule has 1 heterocycles. The average molecular weight is 255 g/mol. The quantitative estimate of drug-likeness (QED) is 0.804. The van der Waals surface area contributed by atoms with E-state index in [1.165, 1.54) is 10.8 Å². The van der Waals surface area contributed by atoms with E-state index in [9.17, 15) is 0 Å². The van der Waals surface area contributed by atoms with E-state index < -0.39 is 0 Å². The molecule has 0 atom stereocenters. The van der Waals surface area contributed by atoms with Gasteiger partial charge in [0.15, 0.2) is 0 Å². The number of nitrogens with zero attached hydrogens (tertiary/aromatic N) is 2. The Labute approximate surface area is 115 Å². The number of rotatable bonds is 6. The second-order valence-corrected chi connectivity index (χ2v) is 4.52. The van der Waals surface area contributed by atoms with Crippen LogP contribution < -0.4 is 10.2 Å². The van der Waals surface area contributed by atoms with Crippen LogP contribution in [0, 0.1) is 0 Å². The Balaban J connectivity index is 2.57. The minimum atomic E-state index is 0.781. The van der Waals surface area contributed by atoms with Gasteiger partial charge in [0.2, 0.25) is 0 Å². The van der Waals surface area contributed by atoms with Crippen LogP contribution in [0.25, 0.3) is 10.8 Å². The van der Waals surface area contributed by atoms with Gasteiger partial charge in [-0.3, -0.25) is 0 Å². The number of hydrogen-bond donors (Lipinski definition) is 1. The van der Waals surface area contributed by atoms with Gasteiger partial charge in [0.1, 0.15) is 5.82 Å². The van der Waals surface area contributed by atoms with Crippen LogP contribution in [0.3, 0.4) is 0 Å². The lowest BCUT2D eigenvalue weighted by atomic mass is 10.1. The van der Waals surface area contributed by atoms with Crippen LogP contribution in [0.2, 0.25) is 0 Å². The average Bonchev–Trinajstić information content (AvgIpc) is 2.44. The van der Waals surface area contributed by atoms with Crippen LogP contribution in [0.4, 0.5) is 5.82 Å². The van der Waals surface area contributed by atoms with Crippen molar-refractivity contribution in [1.82, 2.24) is 10.3 Å². The van der Waals surface area contributed by atoms with Gasteiger partial charge >= 0.3 is 0 Å². The van der Waals surface area contributed by atoms with Gasteiger partial charge in [-0.2, -0.15) is 0 Å². The van der Waals surface area contributed by atoms with Crippen LogP contribution >= 0.6 is 0 Å². The Hall–Kier alpha value is -1.87. The zero-order valence-corrected chi connectivity index (χ0v) is 11.7. The standard InChI is InChI=1S/C16H21N3/c1-4-10-19(5-2)16-15-9-7-6-8-13(15)11-14(18-16)12-17-3/h4,6-9,11,17H,1,5,10,12H2,2-3H3. The van der Waals surface area contributed by atoms with Crippen molar-refractivity contribution >= 4 is 16.6 Å². The first kappa shape index (κ1) is 13.6. The maximum atomic E-state index is 4.80. The lowest BCUT2D eigenvalue weighted by molar-refractivity contribution is 0.785. The van der Waals surface area contributed by atoms with Crippen molar-refractivity contribution in [2.24, 2.45) is 0 Å². The Morgan fingerprint density at radius 3 is 2.84 bits per heavy atom. The maximum absolute atomic E-state index is 4.80. The molecule has 0 aliphatic rings. The van der Waals surface area contributed by atoms with Gasteiger partial charge in [0.25, 0.3) is 0 Å². The zero-order chi connectivity index (χ0) is 13.7. The highest BCUT2D eigenvalue weighted by Gasteiger charge is 2.10. The van der Waals surface area contributed by atoms with Crippen LogP contribution in [0.1, 0.15) is 12.6 Å². The molecule has 3 nitrogen and oxygen atoms in total. The predicted molar refractivity (Wildman–Crippen MR) is 82.6 cm³/mol. The summed E-state index contributed by atoms with van der Waals surface area (Å²) in [6.45, 7) is 8.49. The monoisotopic (exact) mass is 255 g/mol. The molecule has 1 N–H and O–H groups in total. The first-order chi connectivity index (χ1) is 9.30. The molecule has 0 bridgehead atoms. The lowest BCUT2D eigenvalue weighted by Gasteiger charge is -2.22. The molecule has 0 aliphatic heterocycles. The lowest BCUT2D eigenvalue weighted by Crippen LogP contribution is -2.24. The van der Waals surface area contributed by atoms with Crippen LogP contribution in [0.5, 0.6) is 0 Å². The first-order valence-electron chi connectivity index (χ1n) is 6.69. The molecular weight excluding hydrogens is 234 g/mol. The molecule has 1 aromatic heterocycles. The minimum absolute atomic E-state index is 0.781. The number of nitrogens with one attached hydrogen (secondary N) is 1. The smallest absolute Gasteiger partial charge is 0.137 e. The third-order valence-electron chi connectivity index (χ3n) is 3.16. The van der Waals surface area contributed by atoms with Gasteiger partial charge in [-0.15, -0.1) is 6.58 Å². The van der Waals surface area contributed by atoms with E-state index in [0.29, 0.717) is 0 Å². The Kier molecular flexibility index (Phi) is 4.53. The maximum Gasteiger partial charge on any atom is 0.137 e. The van der Waals surface area contributed by atoms with E-state index in [1.807, 2.05) is 13.1 Å². The van der Waals surface area contributed by atoms with E-state index in [4.69, 9.17) is 4.98 Å². The van der Waals surface area contributed by atoms with Crippen molar-refractivity contribution in [3.8, 4) is 0 Å². The largest absolute Gasteiger partial charge is 0.353 e. The molecule has 2 aromatic rings. The summed E-state index contributed by atoms with van der Waals surface area (Å²) in [6.07, 6.45) is 1.92. The van der Waals surface area contributed by atoms with E-state index in [1.54, 1.807) is 0 Å². The van der Waals surface area contributed by atoms with Crippen molar-refractivity contribution in [3.05, 3.63) is 48.7 Å². The van der Waals surface area contributed by atoms with Crippen molar-refractivity contribution in [3.63, 3.8) is 0 Å². The first-order valence-corrected chi connectivity index (χ1v) is 6.69. The highest BCUT2D eigenvalue weighted by Crippen LogP contribution is 2.25. The third-order valence-corrected chi connectivity index (χ3v) is 3.16. The van der Waals surface area contributed by atoms with Crippen molar-refractivity contribution in [1.29, 1.82) is 0 Å². The second-order valence-electron chi connectivity index (χ2n) is 4.52. The molecular formula is C16H21N3. The van der Waals surface area contributed by atoms with Crippen molar-refractivity contribution in [2.75, 3.05) is 25.0 Å². The summed E-state index contributed by atoms with van der Waals surface area (Å²) in [6, 6.07) is 10.6. The molecule has 0 unspecified atom stereocenters. The molecule has 0 aliphatic carbocycles. The van der Waals surface area contributed by atoms with Gasteiger partial charge in [0.05, 0.1) is 5.69 Å². The minimum Gasteiger partial charge on any atom is -0.353 e. The Morgan fingerprint density at radius 2 is 2.16 bits per heavy atom. The Bertz CT molecular complexity index is 563. The van der Waals surface area contributed by atoms with Crippen LogP contribution in [0.15, 0.2) is 43.0 Å². The SMILES string of the molecule is C=CCN(CC)c1nc(CNC)cc2ccccc12. The number of hydrogen-bond acceptors (Lipinski definition) is 3. The van der Waals surface area contributed by atoms with Crippen LogP contribution in [-0.4, -0.2) is 25.1 Å². The summed E-state index contributed by atoms with van der Waals surface area (Å²) < 4.78 is 0. The zero-order valence-electron chi connectivity index (χ0n) is 11.7. The molecule has 19 heavy (non-hydrogen) atoms. The fourth-order valence-corrected chi connectivity index (χ4v) is 2.27. The summed E-state index contributed by atoms with van der Waals surface area (Å²) >= 11 is 0. The summed E-state index contributed by atoms with van der Waals surface area (Å²) in [5, 5.41) is 5.60. The fourth-order valence-electron chi connectivity index (χ4n) is 2.27. The number of anilines is 1. The highest BCUT2D eigenvalue weighted by atomic mass is 15.2. The number of likely N-dealkylation sites (N-methyl/N-ethyl adjacent to an activating group) is 1. The van der Waals surface area contributed by atoms with E-state index in [0.717, 1.165) is 31.1 Å². The van der Waals surface area contributed by atoms with Gasteiger partial charge in [0, 0.05) is 25.0 Å². The number of benzene rings is 1. The van der Waals surface area contributed by atoms with Crippen LogP contribution in [-0.2, 0) is 6.54 Å². The molecule has 2 rings (SSSR count). The number of pyridine rings is 1.